The number of carbonyl (C=O) groups is 4. The molecule has 0 radical (unpaired) electrons. The first-order valence-corrected chi connectivity index (χ1v) is 14.4. The maximum Gasteiger partial charge on any atom is 0.408 e. The summed E-state index contributed by atoms with van der Waals surface area (Å²) in [5.41, 5.74) is 0.644. The number of phenolic OH excluding ortho intramolecular Hbond substituents is 1. The number of alkyl carbamates (subject to hydrolysis) is 1. The first-order valence-electron chi connectivity index (χ1n) is 14.4. The Kier molecular flexibility index (Phi) is 13.6. The number of nitrogens with zero attached hydrogens (tertiary/aromatic N) is 1. The zero-order chi connectivity index (χ0) is 32.0. The summed E-state index contributed by atoms with van der Waals surface area (Å²) < 4.78 is 10.1. The molecule has 10 nitrogen and oxygen atoms in total. The molecule has 232 valence electrons. The minimum Gasteiger partial charge on any atom is -0.508 e. The molecule has 3 amide bonds. The van der Waals surface area contributed by atoms with Gasteiger partial charge in [0.1, 0.15) is 30.0 Å². The lowest BCUT2D eigenvalue weighted by Crippen LogP contribution is -2.54. The molecular formula is C33H43N3O7. The van der Waals surface area contributed by atoms with Gasteiger partial charge < -0.3 is 30.1 Å². The van der Waals surface area contributed by atoms with E-state index in [1.54, 1.807) is 57.2 Å². The number of phenols is 1. The molecule has 2 rings (SSSR count). The molecule has 10 heteroatoms. The zero-order valence-electron chi connectivity index (χ0n) is 25.6. The Labute approximate surface area is 254 Å². The fourth-order valence-corrected chi connectivity index (χ4v) is 4.44. The Hall–Kier alpha value is -4.52. The molecule has 0 fully saturated rings. The van der Waals surface area contributed by atoms with Crippen molar-refractivity contribution >= 4 is 23.9 Å². The molecule has 0 bridgehead atoms. The van der Waals surface area contributed by atoms with Crippen molar-refractivity contribution in [2.75, 3.05) is 20.2 Å². The van der Waals surface area contributed by atoms with Crippen LogP contribution in [0.4, 0.5) is 4.79 Å². The summed E-state index contributed by atoms with van der Waals surface area (Å²) in [6, 6.07) is 10.7. The highest BCUT2D eigenvalue weighted by atomic mass is 16.6. The number of aromatic hydroxyl groups is 1. The van der Waals surface area contributed by atoms with Gasteiger partial charge in [0.2, 0.25) is 11.8 Å². The highest BCUT2D eigenvalue weighted by molar-refractivity contribution is 5.93. The smallest absolute Gasteiger partial charge is 0.408 e. The van der Waals surface area contributed by atoms with E-state index in [0.717, 1.165) is 19.3 Å². The molecule has 2 aromatic carbocycles. The van der Waals surface area contributed by atoms with Crippen molar-refractivity contribution in [3.05, 3.63) is 65.2 Å². The van der Waals surface area contributed by atoms with E-state index in [1.165, 1.54) is 24.1 Å². The van der Waals surface area contributed by atoms with Gasteiger partial charge in [-0.2, -0.15) is 0 Å². The minimum absolute atomic E-state index is 0.0527. The number of ether oxygens (including phenoxy) is 2. The number of unbranched alkanes of at least 4 members (excludes halogenated alkanes) is 3. The van der Waals surface area contributed by atoms with Crippen molar-refractivity contribution in [2.45, 2.75) is 77.5 Å². The van der Waals surface area contributed by atoms with E-state index in [4.69, 9.17) is 11.2 Å². The number of terminal acetylenes is 1. The fourth-order valence-electron chi connectivity index (χ4n) is 4.44. The second-order valence-electron chi connectivity index (χ2n) is 11.1. The van der Waals surface area contributed by atoms with Crippen molar-refractivity contribution in [2.24, 2.45) is 0 Å². The predicted molar refractivity (Wildman–Crippen MR) is 163 cm³/mol. The molecule has 2 aromatic rings. The molecule has 2 unspecified atom stereocenters. The fraction of sp³-hybridized carbons (Fsp3) is 0.455. The van der Waals surface area contributed by atoms with Crippen molar-refractivity contribution in [3.8, 4) is 18.1 Å². The molecule has 0 aromatic heterocycles. The number of hydrogen-bond donors (Lipinski definition) is 3. The van der Waals surface area contributed by atoms with Crippen LogP contribution in [0.2, 0.25) is 0 Å². The third kappa shape index (κ3) is 11.3. The molecule has 0 saturated carbocycles. The number of rotatable bonds is 14. The molecule has 3 N–H and O–H groups in total. The van der Waals surface area contributed by atoms with Crippen LogP contribution in [0.1, 0.15) is 76.1 Å². The van der Waals surface area contributed by atoms with Gasteiger partial charge in [-0.1, -0.05) is 62.4 Å². The van der Waals surface area contributed by atoms with Crippen LogP contribution in [0.25, 0.3) is 0 Å². The lowest BCUT2D eigenvalue weighted by Gasteiger charge is -2.35. The van der Waals surface area contributed by atoms with Crippen LogP contribution in [-0.2, 0) is 30.3 Å². The topological polar surface area (TPSA) is 134 Å². The van der Waals surface area contributed by atoms with Gasteiger partial charge in [0.05, 0.1) is 7.11 Å². The number of benzene rings is 2. The summed E-state index contributed by atoms with van der Waals surface area (Å²) in [6.45, 7) is 6.96. The van der Waals surface area contributed by atoms with Crippen molar-refractivity contribution in [3.63, 3.8) is 0 Å². The molecule has 0 spiro atoms. The second kappa shape index (κ2) is 16.8. The summed E-state index contributed by atoms with van der Waals surface area (Å²) in [5.74, 6) is 0.814. The number of methoxy groups -OCH3 is 1. The van der Waals surface area contributed by atoms with Gasteiger partial charge in [-0.25, -0.2) is 4.79 Å². The monoisotopic (exact) mass is 593 g/mol. The van der Waals surface area contributed by atoms with Crippen molar-refractivity contribution in [1.82, 2.24) is 15.5 Å². The molecular weight excluding hydrogens is 550 g/mol. The van der Waals surface area contributed by atoms with Crippen LogP contribution < -0.4 is 10.6 Å². The van der Waals surface area contributed by atoms with E-state index in [9.17, 15) is 24.3 Å². The number of nitrogens with one attached hydrogen (secondary N) is 2. The molecule has 0 saturated heterocycles. The molecule has 0 aliphatic carbocycles. The Balaban J connectivity index is 2.62. The van der Waals surface area contributed by atoms with Crippen LogP contribution in [0, 0.1) is 12.3 Å². The SMILES string of the molecule is C#Cc1ccccc1C(C(=O)NCC(=O)OC)N(CCCCCC)C(=O)C(Cc1ccc(O)cc1)NC(=O)OC(C)(C)C. The lowest BCUT2D eigenvalue weighted by atomic mass is 9.96. The van der Waals surface area contributed by atoms with E-state index >= 15 is 0 Å². The first kappa shape index (κ1) is 34.7. The Morgan fingerprint density at radius 1 is 1.02 bits per heavy atom. The Morgan fingerprint density at radius 2 is 1.70 bits per heavy atom. The van der Waals surface area contributed by atoms with Crippen LogP contribution in [0.15, 0.2) is 48.5 Å². The lowest BCUT2D eigenvalue weighted by molar-refractivity contribution is -0.144. The highest BCUT2D eigenvalue weighted by Gasteiger charge is 2.37. The Bertz CT molecular complexity index is 1280. The molecule has 0 heterocycles. The summed E-state index contributed by atoms with van der Waals surface area (Å²) in [7, 11) is 1.21. The zero-order valence-corrected chi connectivity index (χ0v) is 25.6. The van der Waals surface area contributed by atoms with Gasteiger partial charge in [-0.05, 0) is 56.5 Å². The van der Waals surface area contributed by atoms with E-state index in [2.05, 4.69) is 28.2 Å². The number of amides is 3. The average molecular weight is 594 g/mol. The van der Waals surface area contributed by atoms with Gasteiger partial charge in [0.15, 0.2) is 0 Å². The summed E-state index contributed by atoms with van der Waals surface area (Å²) in [6.07, 6.45) is 8.31. The quantitative estimate of drug-likeness (QED) is 0.169. The molecule has 43 heavy (non-hydrogen) atoms. The van der Waals surface area contributed by atoms with E-state index in [0.29, 0.717) is 23.1 Å². The average Bonchev–Trinajstić information content (AvgIpc) is 2.96. The van der Waals surface area contributed by atoms with Crippen LogP contribution in [-0.4, -0.2) is 65.7 Å². The molecule has 0 aliphatic heterocycles. The van der Waals surface area contributed by atoms with E-state index < -0.39 is 48.1 Å². The van der Waals surface area contributed by atoms with Gasteiger partial charge in [0.25, 0.3) is 0 Å². The van der Waals surface area contributed by atoms with Gasteiger partial charge in [-0.15, -0.1) is 6.42 Å². The maximum absolute atomic E-state index is 14.5. The van der Waals surface area contributed by atoms with Crippen LogP contribution in [0.5, 0.6) is 5.75 Å². The summed E-state index contributed by atoms with van der Waals surface area (Å²) in [5, 5.41) is 15.0. The van der Waals surface area contributed by atoms with Crippen molar-refractivity contribution in [1.29, 1.82) is 0 Å². The maximum atomic E-state index is 14.5. The van der Waals surface area contributed by atoms with Gasteiger partial charge in [-0.3, -0.25) is 14.4 Å². The summed E-state index contributed by atoms with van der Waals surface area (Å²) in [4.78, 5) is 54.5. The van der Waals surface area contributed by atoms with E-state index in [1.807, 2.05) is 0 Å². The molecule has 0 aliphatic rings. The Morgan fingerprint density at radius 3 is 2.30 bits per heavy atom. The van der Waals surface area contributed by atoms with Gasteiger partial charge in [0, 0.05) is 18.5 Å². The third-order valence-corrected chi connectivity index (χ3v) is 6.51. The number of hydrogen-bond acceptors (Lipinski definition) is 7. The van der Waals surface area contributed by atoms with Crippen LogP contribution >= 0.6 is 0 Å². The predicted octanol–water partition coefficient (Wildman–Crippen LogP) is 4.25. The number of carbonyl (C=O) groups excluding carboxylic acids is 4. The van der Waals surface area contributed by atoms with E-state index in [-0.39, 0.29) is 18.7 Å². The minimum atomic E-state index is -1.21. The normalized spacial score (nSPS) is 12.3. The third-order valence-electron chi connectivity index (χ3n) is 6.51. The summed E-state index contributed by atoms with van der Waals surface area (Å²) >= 11 is 0. The van der Waals surface area contributed by atoms with Crippen molar-refractivity contribution < 1.29 is 33.8 Å². The largest absolute Gasteiger partial charge is 0.508 e. The standard InChI is InChI=1S/C33H43N3O7/c1-7-9-10-13-20-36(29(30(39)34-22-28(38)42-6)26-15-12-11-14-24(26)8-2)31(40)27(35-32(41)43-33(3,4)5)21-23-16-18-25(37)19-17-23/h2,11-12,14-19,27,29,37H,7,9-10,13,20-22H2,1,3-6H3,(H,34,39)(H,35,41). The first-order chi connectivity index (χ1) is 20.4. The van der Waals surface area contributed by atoms with Crippen LogP contribution in [0.3, 0.4) is 0 Å². The second-order valence-corrected chi connectivity index (χ2v) is 11.1. The van der Waals surface area contributed by atoms with Gasteiger partial charge >= 0.3 is 12.1 Å². The number of esters is 1. The highest BCUT2D eigenvalue weighted by Crippen LogP contribution is 2.27. The molecule has 2 atom stereocenters.